The van der Waals surface area contributed by atoms with Crippen LogP contribution in [-0.2, 0) is 0 Å². The zero-order valence-corrected chi connectivity index (χ0v) is 10.4. The Kier molecular flexibility index (Phi) is 15.5. The summed E-state index contributed by atoms with van der Waals surface area (Å²) in [6, 6.07) is 3.80. The Bertz CT molecular complexity index is 174. The molecular formula is C8H10Cl4N2. The first-order valence-corrected chi connectivity index (χ1v) is 5.70. The lowest BCUT2D eigenvalue weighted by Gasteiger charge is -1.92. The van der Waals surface area contributed by atoms with E-state index in [2.05, 4.69) is 0 Å². The fraction of sp³-hybridized carbons (Fsp3) is 0.750. The van der Waals surface area contributed by atoms with Crippen molar-refractivity contribution in [3.05, 3.63) is 0 Å². The summed E-state index contributed by atoms with van der Waals surface area (Å²) >= 11 is 21.3. The molecule has 0 aromatic carbocycles. The molecule has 0 aromatic heterocycles. The topological polar surface area (TPSA) is 47.6 Å². The Morgan fingerprint density at radius 2 is 1.14 bits per heavy atom. The van der Waals surface area contributed by atoms with Crippen molar-refractivity contribution < 1.29 is 0 Å². The van der Waals surface area contributed by atoms with Gasteiger partial charge in [0.2, 0.25) is 0 Å². The third kappa shape index (κ3) is 14.7. The molecule has 2 atom stereocenters. The van der Waals surface area contributed by atoms with Crippen molar-refractivity contribution >= 4 is 46.4 Å². The minimum absolute atomic E-state index is 0.174. The number of hydrogen-bond acceptors (Lipinski definition) is 2. The second-order valence-electron chi connectivity index (χ2n) is 2.23. The fourth-order valence-corrected chi connectivity index (χ4v) is 0.663. The van der Waals surface area contributed by atoms with Gasteiger partial charge in [-0.25, -0.2) is 0 Å². The normalized spacial score (nSPS) is 12.7. The van der Waals surface area contributed by atoms with E-state index < -0.39 is 0 Å². The van der Waals surface area contributed by atoms with Crippen LogP contribution in [-0.4, -0.2) is 22.5 Å². The molecule has 0 heterocycles. The highest BCUT2D eigenvalue weighted by molar-refractivity contribution is 6.28. The fourth-order valence-electron chi connectivity index (χ4n) is 0.307. The lowest BCUT2D eigenvalue weighted by molar-refractivity contribution is 0.986. The van der Waals surface area contributed by atoms with Gasteiger partial charge in [-0.2, -0.15) is 10.5 Å². The average Bonchev–Trinajstić information content (AvgIpc) is 2.19. The number of hydrogen-bond donors (Lipinski definition) is 0. The molecule has 0 aliphatic carbocycles. The molecule has 14 heavy (non-hydrogen) atoms. The first-order chi connectivity index (χ1) is 6.62. The molecule has 6 heteroatoms. The van der Waals surface area contributed by atoms with Gasteiger partial charge in [-0.1, -0.05) is 0 Å². The molecule has 0 N–H and O–H groups in total. The highest BCUT2D eigenvalue weighted by Crippen LogP contribution is 2.01. The third-order valence-corrected chi connectivity index (χ3v) is 2.64. The van der Waals surface area contributed by atoms with Crippen LogP contribution in [0.2, 0.25) is 0 Å². The largest absolute Gasteiger partial charge is 0.198 e. The molecule has 0 rings (SSSR count). The molecule has 0 spiro atoms. The second kappa shape index (κ2) is 13.1. The van der Waals surface area contributed by atoms with Crippen molar-refractivity contribution in [1.82, 2.24) is 0 Å². The lowest BCUT2D eigenvalue weighted by atomic mass is 10.4. The third-order valence-electron chi connectivity index (χ3n) is 0.960. The van der Waals surface area contributed by atoms with Gasteiger partial charge in [0, 0.05) is 11.8 Å². The highest BCUT2D eigenvalue weighted by atomic mass is 35.5. The van der Waals surface area contributed by atoms with Gasteiger partial charge < -0.3 is 0 Å². The monoisotopic (exact) mass is 274 g/mol. The van der Waals surface area contributed by atoms with Crippen LogP contribution in [0.5, 0.6) is 0 Å². The Morgan fingerprint density at radius 3 is 1.21 bits per heavy atom. The Hall–Kier alpha value is 0.140. The van der Waals surface area contributed by atoms with Gasteiger partial charge in [0.05, 0.1) is 35.7 Å². The zero-order chi connectivity index (χ0) is 11.4. The number of nitrogens with zero attached hydrogens (tertiary/aromatic N) is 2. The van der Waals surface area contributed by atoms with Crippen molar-refractivity contribution in [3.8, 4) is 12.1 Å². The highest BCUT2D eigenvalue weighted by Gasteiger charge is 1.98. The molecule has 0 aliphatic heterocycles. The number of rotatable bonds is 4. The Morgan fingerprint density at radius 1 is 0.857 bits per heavy atom. The van der Waals surface area contributed by atoms with Gasteiger partial charge >= 0.3 is 0 Å². The van der Waals surface area contributed by atoms with E-state index in [9.17, 15) is 0 Å². The van der Waals surface area contributed by atoms with Crippen molar-refractivity contribution in [2.75, 3.05) is 11.8 Å². The summed E-state index contributed by atoms with van der Waals surface area (Å²) in [7, 11) is 0. The summed E-state index contributed by atoms with van der Waals surface area (Å²) in [6.45, 7) is 0. The van der Waals surface area contributed by atoms with E-state index in [1.807, 2.05) is 12.1 Å². The second-order valence-corrected chi connectivity index (χ2v) is 4.08. The summed E-state index contributed by atoms with van der Waals surface area (Å²) in [6.07, 6.45) is 0.677. The standard InChI is InChI=1S/2C4H5Cl2N/c2*5-3-4(6)1-2-7/h2*4H,1,3H2. The van der Waals surface area contributed by atoms with E-state index in [0.717, 1.165) is 0 Å². The van der Waals surface area contributed by atoms with Crippen LogP contribution < -0.4 is 0 Å². The zero-order valence-electron chi connectivity index (χ0n) is 7.39. The maximum Gasteiger partial charge on any atom is 0.0637 e. The summed E-state index contributed by atoms with van der Waals surface area (Å²) in [5.74, 6) is 0.713. The molecular weight excluding hydrogens is 266 g/mol. The number of halogens is 4. The number of nitriles is 2. The van der Waals surface area contributed by atoms with Crippen molar-refractivity contribution in [3.63, 3.8) is 0 Å². The maximum absolute atomic E-state index is 7.97. The smallest absolute Gasteiger partial charge is 0.0637 e. The van der Waals surface area contributed by atoms with Crippen LogP contribution in [0, 0.1) is 22.7 Å². The number of alkyl halides is 4. The van der Waals surface area contributed by atoms with Crippen LogP contribution in [0.15, 0.2) is 0 Å². The van der Waals surface area contributed by atoms with Crippen LogP contribution >= 0.6 is 46.4 Å². The Balaban J connectivity index is 0. The Labute approximate surface area is 104 Å². The van der Waals surface area contributed by atoms with E-state index >= 15 is 0 Å². The molecule has 0 amide bonds. The van der Waals surface area contributed by atoms with E-state index in [1.165, 1.54) is 0 Å². The minimum atomic E-state index is -0.174. The molecule has 0 bridgehead atoms. The molecule has 2 nitrogen and oxygen atoms in total. The molecule has 0 saturated heterocycles. The van der Waals surface area contributed by atoms with Crippen LogP contribution in [0.25, 0.3) is 0 Å². The van der Waals surface area contributed by atoms with Gasteiger partial charge in [0.15, 0.2) is 0 Å². The van der Waals surface area contributed by atoms with Gasteiger partial charge in [0.1, 0.15) is 0 Å². The lowest BCUT2D eigenvalue weighted by Crippen LogP contribution is -1.96. The molecule has 2 unspecified atom stereocenters. The average molecular weight is 276 g/mol. The van der Waals surface area contributed by atoms with Crippen molar-refractivity contribution in [1.29, 1.82) is 10.5 Å². The van der Waals surface area contributed by atoms with E-state index in [4.69, 9.17) is 56.9 Å². The van der Waals surface area contributed by atoms with Gasteiger partial charge in [-0.15, -0.1) is 46.4 Å². The molecule has 0 fully saturated rings. The van der Waals surface area contributed by atoms with Crippen LogP contribution in [0.1, 0.15) is 12.8 Å². The predicted octanol–water partition coefficient (Wildman–Crippen LogP) is 3.49. The summed E-state index contributed by atoms with van der Waals surface area (Å²) in [5, 5.41) is 15.6. The first-order valence-electron chi connectivity index (χ1n) is 3.76. The van der Waals surface area contributed by atoms with Crippen LogP contribution in [0.4, 0.5) is 0 Å². The van der Waals surface area contributed by atoms with Crippen molar-refractivity contribution in [2.45, 2.75) is 23.6 Å². The van der Waals surface area contributed by atoms with E-state index in [0.29, 0.717) is 24.6 Å². The molecule has 0 saturated carbocycles. The van der Waals surface area contributed by atoms with Crippen LogP contribution in [0.3, 0.4) is 0 Å². The SMILES string of the molecule is N#CCC(Cl)CCl.N#CCC(Cl)CCl. The van der Waals surface area contributed by atoms with Gasteiger partial charge in [-0.05, 0) is 0 Å². The molecule has 0 radical (unpaired) electrons. The summed E-state index contributed by atoms with van der Waals surface area (Å²) < 4.78 is 0. The van der Waals surface area contributed by atoms with E-state index in [1.54, 1.807) is 0 Å². The molecule has 80 valence electrons. The maximum atomic E-state index is 7.97. The van der Waals surface area contributed by atoms with Gasteiger partial charge in [0.25, 0.3) is 0 Å². The quantitative estimate of drug-likeness (QED) is 0.738. The summed E-state index contributed by atoms with van der Waals surface area (Å²) in [4.78, 5) is 0. The first kappa shape index (κ1) is 16.6. The molecule has 0 aromatic rings. The van der Waals surface area contributed by atoms with E-state index in [-0.39, 0.29) is 10.8 Å². The van der Waals surface area contributed by atoms with Crippen molar-refractivity contribution in [2.24, 2.45) is 0 Å². The van der Waals surface area contributed by atoms with Gasteiger partial charge in [-0.3, -0.25) is 0 Å². The summed E-state index contributed by atoms with van der Waals surface area (Å²) in [5.41, 5.74) is 0. The molecule has 0 aliphatic rings. The minimum Gasteiger partial charge on any atom is -0.198 e. The predicted molar refractivity (Wildman–Crippen MR) is 61.2 cm³/mol.